The number of imide groups is 2. The molecule has 0 aliphatic carbocycles. The number of β-lactam (4-membered cyclic amide) rings is 4. The number of ether oxygens (including phenoxy) is 6. The summed E-state index contributed by atoms with van der Waals surface area (Å²) in [7, 11) is 10.4. The molecule has 0 saturated carbocycles. The maximum absolute atomic E-state index is 13.5. The van der Waals surface area contributed by atoms with E-state index in [2.05, 4.69) is 10.6 Å². The van der Waals surface area contributed by atoms with E-state index in [1.165, 1.54) is 148 Å². The Morgan fingerprint density at radius 1 is 0.410 bits per heavy atom. The van der Waals surface area contributed by atoms with Crippen LogP contribution in [-0.4, -0.2) is 321 Å². The number of aliphatic carboxylic acids is 2. The van der Waals surface area contributed by atoms with Crippen LogP contribution in [-0.2, 0) is 99.3 Å². The first-order chi connectivity index (χ1) is 69.1. The first kappa shape index (κ1) is 109. The van der Waals surface area contributed by atoms with E-state index in [9.17, 15) is 97.0 Å². The van der Waals surface area contributed by atoms with Gasteiger partial charge < -0.3 is 60.7 Å². The summed E-state index contributed by atoms with van der Waals surface area (Å²) < 4.78 is 34.9. The van der Waals surface area contributed by atoms with Crippen LogP contribution in [0.3, 0.4) is 0 Å². The van der Waals surface area contributed by atoms with E-state index >= 15 is 0 Å². The molecule has 8 unspecified atom stereocenters. The van der Waals surface area contributed by atoms with Crippen LogP contribution in [0.1, 0.15) is 24.0 Å². The van der Waals surface area contributed by atoms with Crippen LogP contribution in [0.15, 0.2) is 233 Å². The molecule has 10 heterocycles. The van der Waals surface area contributed by atoms with Crippen LogP contribution in [0.25, 0.3) is 0 Å². The summed E-state index contributed by atoms with van der Waals surface area (Å²) in [4.78, 5) is 231. The Balaban J connectivity index is 0.000000165. The van der Waals surface area contributed by atoms with Gasteiger partial charge in [0.1, 0.15) is 93.2 Å². The third-order valence-electron chi connectivity index (χ3n) is 23.1. The molecule has 49 heteroatoms. The number of rotatable bonds is 41. The van der Waals surface area contributed by atoms with Crippen LogP contribution < -0.4 is 31.6 Å². The number of methoxy groups -OCH3 is 3. The number of benzene rings is 6. The molecule has 0 spiro atoms. The molecule has 0 aromatic heterocycles. The summed E-state index contributed by atoms with van der Waals surface area (Å²) in [5.41, 5.74) is 18.6. The minimum Gasteiger partial charge on any atom is -0.497 e. The standard InChI is InChI=1S/C30H28N4O8S2.C27H30N4O9S3.C23H24N3O5S2.C15H15N3O4S2/c1-32(40)20-5-9-22(10-6-20)43-16-19-17-44-29-26(31-23(35)13-14-33-24(36)11-12-25(33)37)28(38)34(29)27(19)30(39)42-15-18-3-7-21(41-2)8-4-18;1-29(38)17-3-5-18(6-4-17)42-14-16-15-43-26-22(25(35)31(26)23(16)27(36)37)28-20(32)7-8-30-21(33)13-19(24(30)34)41-12-11-40-10-9-39-2;1-25(29)16-5-9-18(10-6-16)32-12-15-13-33-22-19(24)21(27)26(22)20(15)23(28)31-11-14-3-7-17(30-2)8-4-14;1-17(22)9-2-4-10(5-3-9)23-6-8-7-24-14-11(16)13(19)18(14)12(8)15(20)21/h3-12,26,29H,13-17H2,1-2H3;3-6,13,22,26H,7-12,14-15H2,1-2H3,(H-,28,32,36,37);3-10,19,22H,11-13,24H2,1-2H3;2-5,11,14H,6-7,16H2,1H3/q;;+1;/p+3. The van der Waals surface area contributed by atoms with Gasteiger partial charge >= 0.3 is 23.9 Å². The Hall–Kier alpha value is -12.3. The molecule has 6 aromatic rings. The number of hydrogen-bond donors (Lipinski definition) is 6. The fourth-order valence-corrected chi connectivity index (χ4v) is 25.6. The van der Waals surface area contributed by atoms with Crippen molar-refractivity contribution in [3.63, 3.8) is 0 Å². The van der Waals surface area contributed by atoms with E-state index in [0.717, 1.165) is 77.3 Å². The second kappa shape index (κ2) is 50.5. The van der Waals surface area contributed by atoms with Crippen molar-refractivity contribution in [2.24, 2.45) is 11.5 Å². The van der Waals surface area contributed by atoms with Crippen molar-refractivity contribution in [1.82, 2.24) is 40.0 Å². The Kier molecular flexibility index (Phi) is 38.2. The highest BCUT2D eigenvalue weighted by atomic mass is 32.2. The molecule has 8 atom stereocenters. The maximum Gasteiger partial charge on any atom is 0.355 e. The van der Waals surface area contributed by atoms with Crippen LogP contribution in [0.5, 0.6) is 11.5 Å². The van der Waals surface area contributed by atoms with Gasteiger partial charge in [-0.3, -0.25) is 77.3 Å². The zero-order valence-electron chi connectivity index (χ0n) is 78.4. The number of nitrogens with two attached hydrogens (primary N) is 2. The normalized spacial score (nSPS) is 20.0. The first-order valence-corrected chi connectivity index (χ1v) is 53.4. The average Bonchev–Trinajstić information content (AvgIpc) is 0.859. The number of carbonyl (C=O) groups excluding carboxylic acids is 12. The predicted molar refractivity (Wildman–Crippen MR) is 542 cm³/mol. The number of hydrogen-bond acceptors (Lipinski definition) is 35. The highest BCUT2D eigenvalue weighted by Crippen LogP contribution is 2.47. The first-order valence-electron chi connectivity index (χ1n) is 44.3. The van der Waals surface area contributed by atoms with Gasteiger partial charge in [0.05, 0.1) is 38.9 Å². The largest absolute Gasteiger partial charge is 0.497 e. The molecule has 6 aromatic carbocycles. The molecule has 16 rings (SSSR count). The topological polar surface area (TPSA) is 511 Å². The number of carbonyl (C=O) groups is 14. The van der Waals surface area contributed by atoms with Gasteiger partial charge in [-0.2, -0.15) is 0 Å². The minimum atomic E-state index is -1.23. The summed E-state index contributed by atoms with van der Waals surface area (Å²) in [6.07, 6.45) is 3.17. The van der Waals surface area contributed by atoms with Gasteiger partial charge in [-0.05, 0) is 106 Å². The third-order valence-corrected chi connectivity index (χ3v) is 33.9. The van der Waals surface area contributed by atoms with Crippen LogP contribution in [0.4, 0.5) is 22.7 Å². The number of carboxylic acid groups (broad SMARTS) is 2. The second-order valence-corrected chi connectivity index (χ2v) is 42.3. The summed E-state index contributed by atoms with van der Waals surface area (Å²) >= 11 is 12.9. The molecule has 8 N–H and O–H groups in total. The summed E-state index contributed by atoms with van der Waals surface area (Å²) in [5.74, 6) is -2.61. The van der Waals surface area contributed by atoms with Gasteiger partial charge in [-0.25, -0.2) is 19.2 Å². The fourth-order valence-electron chi connectivity index (χ4n) is 15.3. The van der Waals surface area contributed by atoms with E-state index in [1.807, 2.05) is 48.5 Å². The number of esters is 2. The van der Waals surface area contributed by atoms with Crippen molar-refractivity contribution in [1.29, 1.82) is 0 Å². The van der Waals surface area contributed by atoms with Crippen molar-refractivity contribution in [2.75, 3.05) is 134 Å². The number of amides is 10. The summed E-state index contributed by atoms with van der Waals surface area (Å²) in [6, 6.07) is 39.5. The van der Waals surface area contributed by atoms with Gasteiger partial charge in [-0.15, -0.1) is 106 Å². The van der Waals surface area contributed by atoms with Gasteiger partial charge in [-0.1, -0.05) is 24.3 Å². The SMILES string of the molecule is COCCOCCSC1=CC(=O)N(CCC(=O)NC2C(=O)N3C(C(=O)O)=C(CSc4ccc([N+](C)=O)cc4)CSC23)C1=O.COc1ccc(COC(=O)C2=C(CSc3ccc([N+](C)=O)cc3)CSC3C(N)C(=O)N23)cc1.COc1ccc(COC(=O)C2=C(CSc3ccc([N+](C)=O)cc3)CSC3C(NC(=O)CCN4C(=O)C=CC4=O)C(=O)N23)cc1.C[N+](=O)c1ccc(SCC2=C(C(=O)O)N3C(=O)C(N)C3SC2)cc1. The molecule has 4 saturated heterocycles. The Morgan fingerprint density at radius 3 is 1.08 bits per heavy atom. The van der Waals surface area contributed by atoms with E-state index in [-0.39, 0.29) is 83.7 Å². The van der Waals surface area contributed by atoms with E-state index in [4.69, 9.17) is 39.9 Å². The number of carboxylic acids is 2. The van der Waals surface area contributed by atoms with Crippen molar-refractivity contribution < 1.29 is 125 Å². The van der Waals surface area contributed by atoms with E-state index in [0.29, 0.717) is 128 Å². The summed E-state index contributed by atoms with van der Waals surface area (Å²) in [6.45, 7) is 1.09. The van der Waals surface area contributed by atoms with Gasteiger partial charge in [0, 0.05) is 210 Å². The zero-order chi connectivity index (χ0) is 103. The van der Waals surface area contributed by atoms with Crippen molar-refractivity contribution >= 4 is 212 Å². The minimum absolute atomic E-state index is 0.0142. The molecule has 0 radical (unpaired) electrons. The average molecular weight is 2140 g/mol. The van der Waals surface area contributed by atoms with Gasteiger partial charge in [0.25, 0.3) is 58.2 Å². The number of nitrogens with one attached hydrogen (secondary N) is 2. The monoisotopic (exact) mass is 2140 g/mol. The van der Waals surface area contributed by atoms with Crippen molar-refractivity contribution in [2.45, 2.75) is 91.3 Å². The Labute approximate surface area is 863 Å². The lowest BCUT2D eigenvalue weighted by Gasteiger charge is -2.49. The second-order valence-electron chi connectivity index (χ2n) is 32.6. The Bertz CT molecular complexity index is 6240. The molecule has 40 nitrogen and oxygen atoms in total. The molecule has 4 fully saturated rings. The van der Waals surface area contributed by atoms with E-state index in [1.54, 1.807) is 130 Å². The van der Waals surface area contributed by atoms with Crippen LogP contribution in [0, 0.1) is 19.6 Å². The number of nitroso groups, excluding NO2 is 4. The van der Waals surface area contributed by atoms with Crippen LogP contribution >= 0.6 is 106 Å². The molecule has 144 heavy (non-hydrogen) atoms. The van der Waals surface area contributed by atoms with Gasteiger partial charge in [0.15, 0.2) is 28.2 Å². The smallest absolute Gasteiger partial charge is 0.355 e. The highest BCUT2D eigenvalue weighted by Gasteiger charge is 2.58. The molecule has 10 amide bonds. The predicted octanol–water partition coefficient (Wildman–Crippen LogP) is 8.60. The summed E-state index contributed by atoms with van der Waals surface area (Å²) in [5, 5.41) is 23.1. The van der Waals surface area contributed by atoms with Gasteiger partial charge in [0.2, 0.25) is 23.6 Å². The molecular formula is C95H100N14O26S9+4. The van der Waals surface area contributed by atoms with Crippen molar-refractivity contribution in [3.05, 3.63) is 245 Å². The third kappa shape index (κ3) is 26.5. The zero-order valence-corrected chi connectivity index (χ0v) is 85.8. The number of fused-ring (bicyclic) bond motifs is 4. The maximum atomic E-state index is 13.5. The quantitative estimate of drug-likeness (QED) is 0.00522. The lowest BCUT2D eigenvalue weighted by Crippen LogP contribution is -2.70. The molecule has 0 bridgehead atoms. The number of thioether (sulfide) groups is 9. The van der Waals surface area contributed by atoms with Crippen molar-refractivity contribution in [3.8, 4) is 11.5 Å². The number of nitrogens with zero attached hydrogens (tertiary/aromatic N) is 10. The molecule has 10 aliphatic heterocycles. The molecule has 10 aliphatic rings. The highest BCUT2D eigenvalue weighted by molar-refractivity contribution is 8.04. The van der Waals surface area contributed by atoms with E-state index < -0.39 is 106 Å². The Morgan fingerprint density at radius 2 is 0.736 bits per heavy atom. The molecular weight excluding hydrogens is 2040 g/mol. The lowest BCUT2D eigenvalue weighted by atomic mass is 10.0. The van der Waals surface area contributed by atoms with Crippen LogP contribution in [0.2, 0.25) is 0 Å². The lowest BCUT2D eigenvalue weighted by molar-refractivity contribution is -0.428. The molecule has 756 valence electrons. The fraction of sp³-hybridized carbons (Fsp3) is 0.347.